The zero-order valence-corrected chi connectivity index (χ0v) is 21.0. The summed E-state index contributed by atoms with van der Waals surface area (Å²) in [5.41, 5.74) is 3.74. The Bertz CT molecular complexity index is 1110. The Hall–Kier alpha value is -3.38. The first-order chi connectivity index (χ1) is 17.8. The summed E-state index contributed by atoms with van der Waals surface area (Å²) >= 11 is 0. The molecular formula is C30H36N4O2. The first-order valence-electron chi connectivity index (χ1n) is 13.3. The van der Waals surface area contributed by atoms with Gasteiger partial charge in [-0.25, -0.2) is 0 Å². The van der Waals surface area contributed by atoms with Crippen molar-refractivity contribution in [2.75, 3.05) is 57.3 Å². The minimum Gasteiger partial charge on any atom is -0.494 e. The largest absolute Gasteiger partial charge is 0.494 e. The number of anilines is 1. The van der Waals surface area contributed by atoms with Crippen LogP contribution >= 0.6 is 0 Å². The second kappa shape index (κ2) is 12.0. The van der Waals surface area contributed by atoms with Crippen LogP contribution in [0.4, 0.5) is 5.69 Å². The first kappa shape index (κ1) is 24.3. The van der Waals surface area contributed by atoms with Gasteiger partial charge in [0, 0.05) is 55.7 Å². The minimum absolute atomic E-state index is 0.0840. The fraction of sp³-hybridized carbons (Fsp3) is 0.400. The third kappa shape index (κ3) is 6.24. The lowest BCUT2D eigenvalue weighted by atomic mass is 10.1. The second-order valence-corrected chi connectivity index (χ2v) is 9.67. The van der Waals surface area contributed by atoms with E-state index in [4.69, 9.17) is 4.74 Å². The van der Waals surface area contributed by atoms with Crippen LogP contribution in [0.5, 0.6) is 5.75 Å². The molecule has 0 aliphatic carbocycles. The number of nitrogens with zero attached hydrogens (tertiary/aromatic N) is 4. The summed E-state index contributed by atoms with van der Waals surface area (Å²) in [6.07, 6.45) is 6.90. The van der Waals surface area contributed by atoms with Crippen LogP contribution in [0, 0.1) is 0 Å². The van der Waals surface area contributed by atoms with Crippen molar-refractivity contribution >= 4 is 11.6 Å². The summed E-state index contributed by atoms with van der Waals surface area (Å²) in [5.74, 6) is 1.01. The SMILES string of the molecule is O=C(c1cccc(-c2ccccn2)c1)N1CCN(c2ccc(OCCCN3CCCCC3)cc2)CC1. The number of hydrogen-bond acceptors (Lipinski definition) is 5. The van der Waals surface area contributed by atoms with Crippen LogP contribution in [0.3, 0.4) is 0 Å². The summed E-state index contributed by atoms with van der Waals surface area (Å²) in [4.78, 5) is 24.4. The highest BCUT2D eigenvalue weighted by molar-refractivity contribution is 5.95. The van der Waals surface area contributed by atoms with E-state index in [0.29, 0.717) is 18.7 Å². The Morgan fingerprint density at radius 3 is 2.39 bits per heavy atom. The van der Waals surface area contributed by atoms with Gasteiger partial charge in [0.15, 0.2) is 0 Å². The van der Waals surface area contributed by atoms with Gasteiger partial charge in [0.2, 0.25) is 0 Å². The zero-order chi connectivity index (χ0) is 24.6. The van der Waals surface area contributed by atoms with Gasteiger partial charge in [-0.15, -0.1) is 0 Å². The van der Waals surface area contributed by atoms with E-state index in [1.807, 2.05) is 47.4 Å². The predicted octanol–water partition coefficient (Wildman–Crippen LogP) is 4.97. The Labute approximate surface area is 214 Å². The van der Waals surface area contributed by atoms with Crippen LogP contribution in [-0.4, -0.2) is 73.1 Å². The molecule has 0 unspecified atom stereocenters. The average Bonchev–Trinajstić information content (AvgIpc) is 2.96. The lowest BCUT2D eigenvalue weighted by Gasteiger charge is -2.36. The van der Waals surface area contributed by atoms with Crippen LogP contribution < -0.4 is 9.64 Å². The molecule has 0 spiro atoms. The smallest absolute Gasteiger partial charge is 0.253 e. The molecule has 3 heterocycles. The Balaban J connectivity index is 1.09. The van der Waals surface area contributed by atoms with Crippen LogP contribution in [0.2, 0.25) is 0 Å². The van der Waals surface area contributed by atoms with Crippen molar-refractivity contribution < 1.29 is 9.53 Å². The fourth-order valence-corrected chi connectivity index (χ4v) is 5.11. The number of amides is 1. The number of ether oxygens (including phenoxy) is 1. The summed E-state index contributed by atoms with van der Waals surface area (Å²) in [5, 5.41) is 0. The molecular weight excluding hydrogens is 448 g/mol. The highest BCUT2D eigenvalue weighted by atomic mass is 16.5. The Morgan fingerprint density at radius 2 is 1.64 bits per heavy atom. The normalized spacial score (nSPS) is 16.7. The summed E-state index contributed by atoms with van der Waals surface area (Å²) < 4.78 is 5.98. The number of hydrogen-bond donors (Lipinski definition) is 0. The molecule has 0 radical (unpaired) electrons. The molecule has 5 rings (SSSR count). The van der Waals surface area contributed by atoms with E-state index in [2.05, 4.69) is 39.0 Å². The molecule has 2 saturated heterocycles. The molecule has 0 saturated carbocycles. The van der Waals surface area contributed by atoms with E-state index in [1.165, 1.54) is 38.0 Å². The van der Waals surface area contributed by atoms with Crippen molar-refractivity contribution in [3.05, 3.63) is 78.5 Å². The van der Waals surface area contributed by atoms with Gasteiger partial charge in [0.05, 0.1) is 12.3 Å². The number of piperidine rings is 1. The fourth-order valence-electron chi connectivity index (χ4n) is 5.11. The van der Waals surface area contributed by atoms with E-state index < -0.39 is 0 Å². The minimum atomic E-state index is 0.0840. The van der Waals surface area contributed by atoms with Gasteiger partial charge in [0.1, 0.15) is 5.75 Å². The van der Waals surface area contributed by atoms with Crippen LogP contribution in [0.15, 0.2) is 72.9 Å². The van der Waals surface area contributed by atoms with Crippen molar-refractivity contribution in [1.82, 2.24) is 14.8 Å². The molecule has 2 aliphatic rings. The molecule has 2 fully saturated rings. The number of carbonyl (C=O) groups is 1. The molecule has 188 valence electrons. The third-order valence-corrected chi connectivity index (χ3v) is 7.18. The lowest BCUT2D eigenvalue weighted by Crippen LogP contribution is -2.48. The van der Waals surface area contributed by atoms with E-state index in [9.17, 15) is 4.79 Å². The molecule has 2 aliphatic heterocycles. The Kier molecular flexibility index (Phi) is 8.13. The number of aromatic nitrogens is 1. The van der Waals surface area contributed by atoms with E-state index in [-0.39, 0.29) is 5.91 Å². The monoisotopic (exact) mass is 484 g/mol. The molecule has 3 aromatic rings. The van der Waals surface area contributed by atoms with Gasteiger partial charge in [0.25, 0.3) is 5.91 Å². The summed E-state index contributed by atoms with van der Waals surface area (Å²) in [6.45, 7) is 7.44. The topological polar surface area (TPSA) is 48.9 Å². The molecule has 0 atom stereocenters. The Morgan fingerprint density at radius 1 is 0.833 bits per heavy atom. The van der Waals surface area contributed by atoms with Gasteiger partial charge in [-0.3, -0.25) is 9.78 Å². The summed E-state index contributed by atoms with van der Waals surface area (Å²) in [7, 11) is 0. The molecule has 36 heavy (non-hydrogen) atoms. The molecule has 1 aromatic heterocycles. The molecule has 2 aromatic carbocycles. The maximum Gasteiger partial charge on any atom is 0.253 e. The molecule has 0 bridgehead atoms. The van der Waals surface area contributed by atoms with E-state index in [1.54, 1.807) is 6.20 Å². The third-order valence-electron chi connectivity index (χ3n) is 7.18. The van der Waals surface area contributed by atoms with Crippen LogP contribution in [0.25, 0.3) is 11.3 Å². The van der Waals surface area contributed by atoms with Crippen LogP contribution in [-0.2, 0) is 0 Å². The van der Waals surface area contributed by atoms with Gasteiger partial charge < -0.3 is 19.4 Å². The number of benzene rings is 2. The maximum atomic E-state index is 13.2. The first-order valence-corrected chi connectivity index (χ1v) is 13.3. The van der Waals surface area contributed by atoms with Crippen molar-refractivity contribution in [2.24, 2.45) is 0 Å². The zero-order valence-electron chi connectivity index (χ0n) is 21.0. The van der Waals surface area contributed by atoms with E-state index in [0.717, 1.165) is 49.7 Å². The molecule has 0 N–H and O–H groups in total. The van der Waals surface area contributed by atoms with Gasteiger partial charge in [-0.2, -0.15) is 0 Å². The van der Waals surface area contributed by atoms with Gasteiger partial charge >= 0.3 is 0 Å². The van der Waals surface area contributed by atoms with Crippen molar-refractivity contribution in [3.63, 3.8) is 0 Å². The molecule has 6 heteroatoms. The number of carbonyl (C=O) groups excluding carboxylic acids is 1. The number of likely N-dealkylation sites (tertiary alicyclic amines) is 1. The highest BCUT2D eigenvalue weighted by Gasteiger charge is 2.22. The number of pyridine rings is 1. The van der Waals surface area contributed by atoms with Crippen LogP contribution in [0.1, 0.15) is 36.0 Å². The second-order valence-electron chi connectivity index (χ2n) is 9.67. The van der Waals surface area contributed by atoms with Crippen molar-refractivity contribution in [1.29, 1.82) is 0 Å². The number of piperazine rings is 1. The predicted molar refractivity (Wildman–Crippen MR) is 145 cm³/mol. The van der Waals surface area contributed by atoms with Gasteiger partial charge in [-0.1, -0.05) is 24.6 Å². The number of rotatable bonds is 8. The van der Waals surface area contributed by atoms with Crippen molar-refractivity contribution in [2.45, 2.75) is 25.7 Å². The van der Waals surface area contributed by atoms with Crippen molar-refractivity contribution in [3.8, 4) is 17.0 Å². The van der Waals surface area contributed by atoms with Gasteiger partial charge in [-0.05, 0) is 80.9 Å². The summed E-state index contributed by atoms with van der Waals surface area (Å²) in [6, 6.07) is 22.0. The van der Waals surface area contributed by atoms with E-state index >= 15 is 0 Å². The average molecular weight is 485 g/mol. The highest BCUT2D eigenvalue weighted by Crippen LogP contribution is 2.23. The molecule has 6 nitrogen and oxygen atoms in total. The lowest BCUT2D eigenvalue weighted by molar-refractivity contribution is 0.0747. The molecule has 1 amide bonds. The standard InChI is InChI=1S/C30H36N4O2/c35-30(26-9-6-8-25(24-26)29-10-2-3-15-31-29)34-21-19-33(20-22-34)27-11-13-28(14-12-27)36-23-7-18-32-16-4-1-5-17-32/h2-3,6,8-15,24H,1,4-5,7,16-23H2. The maximum absolute atomic E-state index is 13.2. The quantitative estimate of drug-likeness (QED) is 0.423.